The topological polar surface area (TPSA) is 87.1 Å². The Hall–Kier alpha value is -2.64. The van der Waals surface area contributed by atoms with E-state index in [2.05, 4.69) is 20.2 Å². The lowest BCUT2D eigenvalue weighted by molar-refractivity contribution is 0.0738. The molecule has 0 bridgehead atoms. The van der Waals surface area contributed by atoms with Crippen LogP contribution in [0.5, 0.6) is 0 Å². The maximum atomic E-state index is 12.5. The molecule has 0 saturated carbocycles. The minimum absolute atomic E-state index is 0.138. The van der Waals surface area contributed by atoms with Crippen molar-refractivity contribution < 1.29 is 4.79 Å². The van der Waals surface area contributed by atoms with Gasteiger partial charge in [0.1, 0.15) is 5.69 Å². The zero-order valence-electron chi connectivity index (χ0n) is 13.5. The lowest BCUT2D eigenvalue weighted by Crippen LogP contribution is -2.49. The maximum Gasteiger partial charge on any atom is 0.274 e. The smallest absolute Gasteiger partial charge is 0.274 e. The van der Waals surface area contributed by atoms with Gasteiger partial charge in [0.2, 0.25) is 0 Å². The third-order valence-corrected chi connectivity index (χ3v) is 4.15. The highest BCUT2D eigenvalue weighted by Crippen LogP contribution is 2.23. The average Bonchev–Trinajstić information content (AvgIpc) is 2.88. The molecule has 1 aliphatic rings. The Morgan fingerprint density at radius 2 is 1.87 bits per heavy atom. The van der Waals surface area contributed by atoms with Crippen LogP contribution in [0.25, 0.3) is 0 Å². The first kappa shape index (κ1) is 15.3. The second-order valence-electron chi connectivity index (χ2n) is 5.74. The molecular weight excluding hydrogens is 296 g/mol. The number of nitrogens with zero attached hydrogens (tertiary/aromatic N) is 5. The summed E-state index contributed by atoms with van der Waals surface area (Å²) in [6.45, 7) is 6.71. The van der Waals surface area contributed by atoms with Crippen molar-refractivity contribution in [2.75, 3.05) is 31.1 Å². The van der Waals surface area contributed by atoms with Crippen LogP contribution in [0.4, 0.5) is 5.69 Å². The second kappa shape index (κ2) is 5.86. The minimum atomic E-state index is -0.225. The summed E-state index contributed by atoms with van der Waals surface area (Å²) in [5.74, 6) is -0.138. The van der Waals surface area contributed by atoms with E-state index in [1.54, 1.807) is 11.9 Å². The lowest BCUT2D eigenvalue weighted by Gasteiger charge is -2.36. The number of hydrogen-bond acceptors (Lipinski definition) is 5. The van der Waals surface area contributed by atoms with Gasteiger partial charge in [0, 0.05) is 39.3 Å². The molecule has 1 N–H and O–H groups in total. The number of carbonyl (C=O) groups excluding carboxylic acids is 1. The van der Waals surface area contributed by atoms with Gasteiger partial charge in [-0.2, -0.15) is 10.2 Å². The molecule has 2 aromatic rings. The van der Waals surface area contributed by atoms with Crippen LogP contribution in [0, 0.1) is 13.8 Å². The standard InChI is InChI=1S/C15H20N6O2/c1-10-14(11(2)17-16-10)20-6-8-21(9-7-20)15(23)12-4-5-13(22)19(3)18-12/h4-5H,6-9H2,1-3H3,(H,16,17). The molecule has 0 aliphatic carbocycles. The van der Waals surface area contributed by atoms with Gasteiger partial charge >= 0.3 is 0 Å². The van der Waals surface area contributed by atoms with Gasteiger partial charge < -0.3 is 9.80 Å². The Balaban J connectivity index is 1.70. The summed E-state index contributed by atoms with van der Waals surface area (Å²) < 4.78 is 1.18. The molecule has 0 aromatic carbocycles. The number of amides is 1. The Labute approximate surface area is 133 Å². The summed E-state index contributed by atoms with van der Waals surface area (Å²) in [4.78, 5) is 27.9. The average molecular weight is 316 g/mol. The van der Waals surface area contributed by atoms with Gasteiger partial charge in [-0.05, 0) is 19.9 Å². The van der Waals surface area contributed by atoms with Gasteiger partial charge in [-0.1, -0.05) is 0 Å². The molecule has 0 spiro atoms. The highest BCUT2D eigenvalue weighted by atomic mass is 16.2. The zero-order chi connectivity index (χ0) is 16.6. The predicted octanol–water partition coefficient (Wildman–Crippen LogP) is 0.0826. The summed E-state index contributed by atoms with van der Waals surface area (Å²) in [6.07, 6.45) is 0. The number of nitrogens with one attached hydrogen (secondary N) is 1. The van der Waals surface area contributed by atoms with Crippen molar-refractivity contribution in [3.63, 3.8) is 0 Å². The van der Waals surface area contributed by atoms with Crippen LogP contribution in [0.15, 0.2) is 16.9 Å². The van der Waals surface area contributed by atoms with Crippen molar-refractivity contribution in [3.05, 3.63) is 39.6 Å². The number of hydrogen-bond donors (Lipinski definition) is 1. The molecule has 0 unspecified atom stereocenters. The quantitative estimate of drug-likeness (QED) is 0.848. The van der Waals surface area contributed by atoms with Crippen molar-refractivity contribution in [2.24, 2.45) is 7.05 Å². The maximum absolute atomic E-state index is 12.5. The first-order valence-electron chi connectivity index (χ1n) is 7.57. The predicted molar refractivity (Wildman–Crippen MR) is 85.7 cm³/mol. The molecule has 8 heteroatoms. The van der Waals surface area contributed by atoms with Crippen molar-refractivity contribution >= 4 is 11.6 Å². The van der Waals surface area contributed by atoms with Crippen LogP contribution < -0.4 is 10.5 Å². The van der Waals surface area contributed by atoms with Crippen LogP contribution >= 0.6 is 0 Å². The largest absolute Gasteiger partial charge is 0.365 e. The Bertz CT molecular complexity index is 766. The molecule has 3 rings (SSSR count). The number of aromatic amines is 1. The van der Waals surface area contributed by atoms with Crippen LogP contribution in [-0.2, 0) is 7.05 Å². The first-order chi connectivity index (χ1) is 11.0. The Morgan fingerprint density at radius 1 is 1.17 bits per heavy atom. The van der Waals surface area contributed by atoms with Crippen molar-refractivity contribution in [1.29, 1.82) is 0 Å². The molecule has 1 amide bonds. The molecule has 1 saturated heterocycles. The third kappa shape index (κ3) is 2.84. The number of aromatic nitrogens is 4. The molecule has 0 radical (unpaired) electrons. The number of rotatable bonds is 2. The number of anilines is 1. The summed E-state index contributed by atoms with van der Waals surface area (Å²) in [5.41, 5.74) is 3.22. The number of H-pyrrole nitrogens is 1. The highest BCUT2D eigenvalue weighted by Gasteiger charge is 2.25. The molecule has 8 nitrogen and oxygen atoms in total. The normalized spacial score (nSPS) is 15.1. The molecule has 1 fully saturated rings. The summed E-state index contributed by atoms with van der Waals surface area (Å²) in [5, 5.41) is 11.2. The molecular formula is C15H20N6O2. The Kier molecular flexibility index (Phi) is 3.89. The van der Waals surface area contributed by atoms with E-state index in [1.165, 1.54) is 16.8 Å². The molecule has 2 aromatic heterocycles. The first-order valence-corrected chi connectivity index (χ1v) is 7.57. The fourth-order valence-electron chi connectivity index (χ4n) is 2.92. The summed E-state index contributed by atoms with van der Waals surface area (Å²) in [7, 11) is 1.54. The third-order valence-electron chi connectivity index (χ3n) is 4.15. The fourth-order valence-corrected chi connectivity index (χ4v) is 2.92. The zero-order valence-corrected chi connectivity index (χ0v) is 13.5. The van der Waals surface area contributed by atoms with E-state index in [1.807, 2.05) is 13.8 Å². The van der Waals surface area contributed by atoms with Gasteiger partial charge in [-0.3, -0.25) is 14.7 Å². The molecule has 122 valence electrons. The Morgan fingerprint density at radius 3 is 2.43 bits per heavy atom. The highest BCUT2D eigenvalue weighted by molar-refractivity contribution is 5.92. The molecule has 3 heterocycles. The van der Waals surface area contributed by atoms with E-state index in [9.17, 15) is 9.59 Å². The van der Waals surface area contributed by atoms with Crippen LogP contribution in [0.2, 0.25) is 0 Å². The minimum Gasteiger partial charge on any atom is -0.365 e. The van der Waals surface area contributed by atoms with E-state index in [-0.39, 0.29) is 11.5 Å². The number of aryl methyl sites for hydroxylation is 3. The van der Waals surface area contributed by atoms with Crippen LogP contribution in [-0.4, -0.2) is 57.0 Å². The van der Waals surface area contributed by atoms with Crippen molar-refractivity contribution in [3.8, 4) is 0 Å². The molecule has 1 aliphatic heterocycles. The van der Waals surface area contributed by atoms with Gasteiger partial charge in [0.05, 0.1) is 17.1 Å². The van der Waals surface area contributed by atoms with E-state index < -0.39 is 0 Å². The van der Waals surface area contributed by atoms with Crippen molar-refractivity contribution in [2.45, 2.75) is 13.8 Å². The van der Waals surface area contributed by atoms with Gasteiger partial charge in [-0.15, -0.1) is 0 Å². The van der Waals surface area contributed by atoms with Crippen LogP contribution in [0.1, 0.15) is 21.9 Å². The number of piperazine rings is 1. The van der Waals surface area contributed by atoms with Gasteiger partial charge in [-0.25, -0.2) is 4.68 Å². The number of carbonyl (C=O) groups is 1. The van der Waals surface area contributed by atoms with E-state index >= 15 is 0 Å². The van der Waals surface area contributed by atoms with E-state index in [0.717, 1.165) is 30.2 Å². The monoisotopic (exact) mass is 316 g/mol. The summed E-state index contributed by atoms with van der Waals surface area (Å²) >= 11 is 0. The van der Waals surface area contributed by atoms with E-state index in [0.29, 0.717) is 18.8 Å². The fraction of sp³-hybridized carbons (Fsp3) is 0.467. The molecule has 0 atom stereocenters. The van der Waals surface area contributed by atoms with Gasteiger partial charge in [0.25, 0.3) is 11.5 Å². The second-order valence-corrected chi connectivity index (χ2v) is 5.74. The van der Waals surface area contributed by atoms with Gasteiger partial charge in [0.15, 0.2) is 0 Å². The SMILES string of the molecule is Cc1n[nH]c(C)c1N1CCN(C(=O)c2ccc(=O)n(C)n2)CC1. The van der Waals surface area contributed by atoms with Crippen LogP contribution in [0.3, 0.4) is 0 Å². The van der Waals surface area contributed by atoms with Crippen molar-refractivity contribution in [1.82, 2.24) is 24.9 Å². The lowest BCUT2D eigenvalue weighted by atomic mass is 10.2. The summed E-state index contributed by atoms with van der Waals surface area (Å²) in [6, 6.07) is 2.86. The molecule has 23 heavy (non-hydrogen) atoms. The van der Waals surface area contributed by atoms with E-state index in [4.69, 9.17) is 0 Å².